The molecule has 2 heterocycles. The average molecular weight is 213 g/mol. The second-order valence-corrected chi connectivity index (χ2v) is 3.78. The van der Waals surface area contributed by atoms with Crippen molar-refractivity contribution in [2.24, 2.45) is 5.10 Å². The smallest absolute Gasteiger partial charge is 0.260 e. The quantitative estimate of drug-likeness (QED) is 0.701. The number of amidine groups is 1. The first kappa shape index (κ1) is 9.15. The first-order chi connectivity index (χ1) is 7.86. The predicted octanol–water partition coefficient (Wildman–Crippen LogP) is 1.12. The summed E-state index contributed by atoms with van der Waals surface area (Å²) in [6.07, 6.45) is 3.83. The summed E-state index contributed by atoms with van der Waals surface area (Å²) in [5.74, 6) is 0.718. The third-order valence-electron chi connectivity index (χ3n) is 2.77. The number of rotatable bonds is 0. The summed E-state index contributed by atoms with van der Waals surface area (Å²) in [5.41, 5.74) is 4.71. The summed E-state index contributed by atoms with van der Waals surface area (Å²) in [4.78, 5) is 13.8. The van der Waals surface area contributed by atoms with Crippen LogP contribution in [-0.4, -0.2) is 23.2 Å². The van der Waals surface area contributed by atoms with E-state index in [1.165, 1.54) is 0 Å². The van der Waals surface area contributed by atoms with E-state index in [4.69, 9.17) is 0 Å². The van der Waals surface area contributed by atoms with Crippen molar-refractivity contribution in [3.05, 3.63) is 47.5 Å². The standard InChI is InChI=1S/C12H11N3O/c16-12-10-5-2-1-4-9(10)8-15(12)11-6-3-7-13-14-11/h1-6,13H,7-8H2. The minimum Gasteiger partial charge on any atom is -0.304 e. The minimum atomic E-state index is 0.0303. The van der Waals surface area contributed by atoms with E-state index in [-0.39, 0.29) is 5.91 Å². The Balaban J connectivity index is 1.95. The summed E-state index contributed by atoms with van der Waals surface area (Å²) in [6.45, 7) is 1.33. The molecule has 0 fully saturated rings. The van der Waals surface area contributed by atoms with Crippen LogP contribution in [0.25, 0.3) is 0 Å². The number of fused-ring (bicyclic) bond motifs is 1. The maximum Gasteiger partial charge on any atom is 0.260 e. The molecule has 2 aliphatic rings. The van der Waals surface area contributed by atoms with E-state index < -0.39 is 0 Å². The Morgan fingerprint density at radius 3 is 2.94 bits per heavy atom. The lowest BCUT2D eigenvalue weighted by molar-refractivity contribution is 0.0866. The van der Waals surface area contributed by atoms with E-state index in [1.54, 1.807) is 4.90 Å². The minimum absolute atomic E-state index is 0.0303. The first-order valence-corrected chi connectivity index (χ1v) is 5.23. The van der Waals surface area contributed by atoms with Gasteiger partial charge in [0.2, 0.25) is 0 Å². The number of hydrogen-bond donors (Lipinski definition) is 1. The van der Waals surface area contributed by atoms with Gasteiger partial charge in [0.25, 0.3) is 5.91 Å². The molecule has 4 nitrogen and oxygen atoms in total. The number of nitrogens with one attached hydrogen (secondary N) is 1. The highest BCUT2D eigenvalue weighted by molar-refractivity contribution is 6.12. The Bertz CT molecular complexity index is 505. The highest BCUT2D eigenvalue weighted by atomic mass is 16.2. The van der Waals surface area contributed by atoms with E-state index in [0.717, 1.165) is 17.7 Å². The molecule has 1 amide bonds. The number of carbonyl (C=O) groups excluding carboxylic acids is 1. The van der Waals surface area contributed by atoms with Crippen LogP contribution in [0.5, 0.6) is 0 Å². The largest absolute Gasteiger partial charge is 0.304 e. The second kappa shape index (κ2) is 3.48. The Hall–Kier alpha value is -2.10. The molecule has 3 rings (SSSR count). The maximum absolute atomic E-state index is 12.1. The lowest BCUT2D eigenvalue weighted by atomic mass is 10.1. The van der Waals surface area contributed by atoms with Gasteiger partial charge in [0.05, 0.1) is 13.1 Å². The van der Waals surface area contributed by atoms with E-state index in [1.807, 2.05) is 36.4 Å². The monoisotopic (exact) mass is 213 g/mol. The number of amides is 1. The molecule has 1 aromatic carbocycles. The van der Waals surface area contributed by atoms with E-state index in [0.29, 0.717) is 12.4 Å². The third-order valence-corrected chi connectivity index (χ3v) is 2.77. The zero-order valence-electron chi connectivity index (χ0n) is 8.68. The van der Waals surface area contributed by atoms with Crippen molar-refractivity contribution in [1.82, 2.24) is 10.3 Å². The van der Waals surface area contributed by atoms with Gasteiger partial charge in [-0.25, -0.2) is 0 Å². The SMILES string of the molecule is O=C1c2ccccc2CN1C1=NNCC=C1. The molecule has 0 atom stereocenters. The number of hydrogen-bond acceptors (Lipinski definition) is 3. The third kappa shape index (κ3) is 1.31. The lowest BCUT2D eigenvalue weighted by Gasteiger charge is -2.17. The van der Waals surface area contributed by atoms with Crippen molar-refractivity contribution >= 4 is 11.7 Å². The fraction of sp³-hybridized carbons (Fsp3) is 0.167. The number of carbonyl (C=O) groups is 1. The van der Waals surface area contributed by atoms with Gasteiger partial charge in [0, 0.05) is 5.56 Å². The van der Waals surface area contributed by atoms with Crippen LogP contribution >= 0.6 is 0 Å². The lowest BCUT2D eigenvalue weighted by Crippen LogP contribution is -2.33. The number of benzene rings is 1. The van der Waals surface area contributed by atoms with Gasteiger partial charge in [-0.3, -0.25) is 9.69 Å². The molecule has 0 saturated carbocycles. The van der Waals surface area contributed by atoms with Crippen molar-refractivity contribution < 1.29 is 4.79 Å². The molecule has 0 radical (unpaired) electrons. The molecule has 0 aliphatic carbocycles. The average Bonchev–Trinajstić information content (AvgIpc) is 2.69. The van der Waals surface area contributed by atoms with Crippen LogP contribution in [0.1, 0.15) is 15.9 Å². The fourth-order valence-electron chi connectivity index (χ4n) is 1.97. The first-order valence-electron chi connectivity index (χ1n) is 5.23. The Labute approximate surface area is 93.3 Å². The molecule has 2 aliphatic heterocycles. The van der Waals surface area contributed by atoms with Crippen molar-refractivity contribution in [3.63, 3.8) is 0 Å². The van der Waals surface area contributed by atoms with Crippen molar-refractivity contribution in [2.75, 3.05) is 6.54 Å². The van der Waals surface area contributed by atoms with Crippen LogP contribution in [0, 0.1) is 0 Å². The van der Waals surface area contributed by atoms with Gasteiger partial charge < -0.3 is 5.43 Å². The highest BCUT2D eigenvalue weighted by Crippen LogP contribution is 2.23. The van der Waals surface area contributed by atoms with Crippen LogP contribution in [0.2, 0.25) is 0 Å². The molecule has 80 valence electrons. The maximum atomic E-state index is 12.1. The topological polar surface area (TPSA) is 44.7 Å². The van der Waals surface area contributed by atoms with Gasteiger partial charge in [-0.2, -0.15) is 5.10 Å². The molecule has 16 heavy (non-hydrogen) atoms. The van der Waals surface area contributed by atoms with Crippen LogP contribution < -0.4 is 5.43 Å². The van der Waals surface area contributed by atoms with Gasteiger partial charge in [-0.05, 0) is 17.7 Å². The molecule has 1 N–H and O–H groups in total. The highest BCUT2D eigenvalue weighted by Gasteiger charge is 2.29. The molecule has 0 unspecified atom stereocenters. The van der Waals surface area contributed by atoms with Gasteiger partial charge in [0.15, 0.2) is 5.84 Å². The van der Waals surface area contributed by atoms with Gasteiger partial charge >= 0.3 is 0 Å². The van der Waals surface area contributed by atoms with E-state index >= 15 is 0 Å². The Morgan fingerprint density at radius 2 is 2.19 bits per heavy atom. The molecule has 1 aromatic rings. The Kier molecular flexibility index (Phi) is 1.99. The number of hydrazone groups is 1. The summed E-state index contributed by atoms with van der Waals surface area (Å²) in [5, 5.41) is 4.13. The molecule has 0 saturated heterocycles. The van der Waals surface area contributed by atoms with E-state index in [2.05, 4.69) is 10.5 Å². The summed E-state index contributed by atoms with van der Waals surface area (Å²) >= 11 is 0. The molecule has 0 bridgehead atoms. The van der Waals surface area contributed by atoms with Gasteiger partial charge in [-0.1, -0.05) is 24.3 Å². The normalized spacial score (nSPS) is 18.1. The zero-order valence-corrected chi connectivity index (χ0v) is 8.68. The summed E-state index contributed by atoms with van der Waals surface area (Å²) < 4.78 is 0. The Morgan fingerprint density at radius 1 is 1.31 bits per heavy atom. The van der Waals surface area contributed by atoms with Crippen LogP contribution in [-0.2, 0) is 6.54 Å². The summed E-state index contributed by atoms with van der Waals surface area (Å²) in [6, 6.07) is 7.68. The van der Waals surface area contributed by atoms with Crippen molar-refractivity contribution in [3.8, 4) is 0 Å². The zero-order chi connectivity index (χ0) is 11.0. The number of nitrogens with zero attached hydrogens (tertiary/aromatic N) is 2. The molecule has 4 heteroatoms. The van der Waals surface area contributed by atoms with Crippen LogP contribution in [0.4, 0.5) is 0 Å². The van der Waals surface area contributed by atoms with Crippen molar-refractivity contribution in [1.29, 1.82) is 0 Å². The molecular weight excluding hydrogens is 202 g/mol. The van der Waals surface area contributed by atoms with Crippen LogP contribution in [0.3, 0.4) is 0 Å². The molecule has 0 spiro atoms. The van der Waals surface area contributed by atoms with Gasteiger partial charge in [-0.15, -0.1) is 0 Å². The fourth-order valence-corrected chi connectivity index (χ4v) is 1.97. The molecular formula is C12H11N3O. The second-order valence-electron chi connectivity index (χ2n) is 3.78. The van der Waals surface area contributed by atoms with E-state index in [9.17, 15) is 4.79 Å². The van der Waals surface area contributed by atoms with Crippen LogP contribution in [0.15, 0.2) is 41.5 Å². The summed E-state index contributed by atoms with van der Waals surface area (Å²) in [7, 11) is 0. The van der Waals surface area contributed by atoms with Crippen molar-refractivity contribution in [2.45, 2.75) is 6.54 Å². The van der Waals surface area contributed by atoms with Gasteiger partial charge in [0.1, 0.15) is 0 Å². The molecule has 0 aromatic heterocycles. The predicted molar refractivity (Wildman–Crippen MR) is 60.9 cm³/mol.